The Labute approximate surface area is 98.2 Å². The minimum Gasteiger partial charge on any atom is -0.317 e. The van der Waals surface area contributed by atoms with Crippen LogP contribution in [0.5, 0.6) is 0 Å². The van der Waals surface area contributed by atoms with Crippen LogP contribution in [0.2, 0.25) is 0 Å². The van der Waals surface area contributed by atoms with Gasteiger partial charge in [-0.15, -0.1) is 0 Å². The molecule has 82 valence electrons. The number of piperidine rings is 1. The Kier molecular flexibility index (Phi) is 3.12. The van der Waals surface area contributed by atoms with E-state index in [4.69, 9.17) is 0 Å². The van der Waals surface area contributed by atoms with Crippen LogP contribution in [0.3, 0.4) is 0 Å². The van der Waals surface area contributed by atoms with Crippen LogP contribution in [0, 0.1) is 5.82 Å². The largest absolute Gasteiger partial charge is 0.317 e. The molecular formula is C12H15BrFN. The molecular weight excluding hydrogens is 257 g/mol. The van der Waals surface area contributed by atoms with Gasteiger partial charge in [0.15, 0.2) is 0 Å². The van der Waals surface area contributed by atoms with E-state index < -0.39 is 0 Å². The molecule has 0 amide bonds. The molecule has 0 spiro atoms. The highest BCUT2D eigenvalue weighted by Crippen LogP contribution is 2.34. The van der Waals surface area contributed by atoms with Gasteiger partial charge in [-0.05, 0) is 65.0 Å². The molecule has 15 heavy (non-hydrogen) atoms. The molecule has 0 bridgehead atoms. The summed E-state index contributed by atoms with van der Waals surface area (Å²) in [6, 6.07) is 5.37. The lowest BCUT2D eigenvalue weighted by molar-refractivity contribution is 0.335. The van der Waals surface area contributed by atoms with Crippen LogP contribution in [0.25, 0.3) is 0 Å². The Morgan fingerprint density at radius 1 is 1.33 bits per heavy atom. The van der Waals surface area contributed by atoms with Crippen molar-refractivity contribution in [1.29, 1.82) is 0 Å². The van der Waals surface area contributed by atoms with Gasteiger partial charge in [0.1, 0.15) is 5.82 Å². The monoisotopic (exact) mass is 271 g/mol. The van der Waals surface area contributed by atoms with Crippen LogP contribution in [0.15, 0.2) is 22.7 Å². The van der Waals surface area contributed by atoms with E-state index in [0.29, 0.717) is 4.47 Å². The average Bonchev–Trinajstić information content (AvgIpc) is 2.23. The van der Waals surface area contributed by atoms with Crippen LogP contribution in [-0.4, -0.2) is 13.1 Å². The fraction of sp³-hybridized carbons (Fsp3) is 0.500. The molecule has 0 radical (unpaired) electrons. The fourth-order valence-electron chi connectivity index (χ4n) is 2.14. The molecule has 0 saturated carbocycles. The second-order valence-corrected chi connectivity index (χ2v) is 5.29. The predicted molar refractivity (Wildman–Crippen MR) is 63.6 cm³/mol. The van der Waals surface area contributed by atoms with Gasteiger partial charge in [0.2, 0.25) is 0 Å². The summed E-state index contributed by atoms with van der Waals surface area (Å²) >= 11 is 3.25. The van der Waals surface area contributed by atoms with Crippen molar-refractivity contribution in [2.24, 2.45) is 0 Å². The molecule has 0 aromatic heterocycles. The number of nitrogens with one attached hydrogen (secondary N) is 1. The molecule has 0 aliphatic carbocycles. The molecule has 1 saturated heterocycles. The van der Waals surface area contributed by atoms with Crippen molar-refractivity contribution in [2.75, 3.05) is 13.1 Å². The molecule has 1 fully saturated rings. The maximum Gasteiger partial charge on any atom is 0.137 e. The third-order valence-electron chi connectivity index (χ3n) is 3.32. The summed E-state index contributed by atoms with van der Waals surface area (Å²) in [5, 5.41) is 3.35. The highest BCUT2D eigenvalue weighted by atomic mass is 79.9. The Hall–Kier alpha value is -0.410. The van der Waals surface area contributed by atoms with Crippen molar-refractivity contribution in [1.82, 2.24) is 5.32 Å². The van der Waals surface area contributed by atoms with Gasteiger partial charge in [-0.25, -0.2) is 4.39 Å². The Morgan fingerprint density at radius 3 is 2.60 bits per heavy atom. The van der Waals surface area contributed by atoms with Gasteiger partial charge >= 0.3 is 0 Å². The molecule has 0 atom stereocenters. The van der Waals surface area contributed by atoms with Crippen LogP contribution >= 0.6 is 15.9 Å². The lowest BCUT2D eigenvalue weighted by atomic mass is 9.75. The molecule has 1 aliphatic rings. The Bertz CT molecular complexity index is 359. The summed E-state index contributed by atoms with van der Waals surface area (Å²) in [7, 11) is 0. The van der Waals surface area contributed by atoms with Crippen LogP contribution in [0.4, 0.5) is 4.39 Å². The van der Waals surface area contributed by atoms with Crippen molar-refractivity contribution in [3.8, 4) is 0 Å². The number of benzene rings is 1. The molecule has 0 unspecified atom stereocenters. The lowest BCUT2D eigenvalue weighted by Crippen LogP contribution is -2.37. The summed E-state index contributed by atoms with van der Waals surface area (Å²) in [4.78, 5) is 0. The first-order valence-corrected chi connectivity index (χ1v) is 6.07. The fourth-order valence-corrected chi connectivity index (χ4v) is 2.52. The quantitative estimate of drug-likeness (QED) is 0.827. The van der Waals surface area contributed by atoms with E-state index in [-0.39, 0.29) is 11.2 Å². The second-order valence-electron chi connectivity index (χ2n) is 4.44. The number of halogens is 2. The second kappa shape index (κ2) is 4.22. The van der Waals surface area contributed by atoms with Crippen molar-refractivity contribution in [3.05, 3.63) is 34.1 Å². The van der Waals surface area contributed by atoms with Gasteiger partial charge in [-0.3, -0.25) is 0 Å². The number of hydrogen-bond acceptors (Lipinski definition) is 1. The minimum atomic E-state index is -0.184. The van der Waals surface area contributed by atoms with Gasteiger partial charge < -0.3 is 5.32 Å². The summed E-state index contributed by atoms with van der Waals surface area (Å²) < 4.78 is 13.7. The molecule has 1 aromatic rings. The van der Waals surface area contributed by atoms with Gasteiger partial charge in [0, 0.05) is 0 Å². The number of hydrogen-bond donors (Lipinski definition) is 1. The van der Waals surface area contributed by atoms with E-state index >= 15 is 0 Å². The summed E-state index contributed by atoms with van der Waals surface area (Å²) in [6.45, 7) is 4.35. The maximum absolute atomic E-state index is 13.1. The lowest BCUT2D eigenvalue weighted by Gasteiger charge is -2.34. The van der Waals surface area contributed by atoms with E-state index in [1.54, 1.807) is 6.07 Å². The first-order chi connectivity index (χ1) is 7.12. The van der Waals surface area contributed by atoms with Gasteiger partial charge in [0.25, 0.3) is 0 Å². The molecule has 1 heterocycles. The topological polar surface area (TPSA) is 12.0 Å². The van der Waals surface area contributed by atoms with Crippen molar-refractivity contribution in [3.63, 3.8) is 0 Å². The van der Waals surface area contributed by atoms with Crippen LogP contribution < -0.4 is 5.32 Å². The normalized spacial score (nSPS) is 20.2. The van der Waals surface area contributed by atoms with Gasteiger partial charge in [-0.2, -0.15) is 0 Å². The van der Waals surface area contributed by atoms with Crippen molar-refractivity contribution < 1.29 is 4.39 Å². The van der Waals surface area contributed by atoms with Crippen molar-refractivity contribution in [2.45, 2.75) is 25.2 Å². The first kappa shape index (κ1) is 11.1. The Balaban J connectivity index is 2.31. The Morgan fingerprint density at radius 2 is 2.00 bits per heavy atom. The molecule has 1 N–H and O–H groups in total. The van der Waals surface area contributed by atoms with Gasteiger partial charge in [-0.1, -0.05) is 13.0 Å². The molecule has 1 aliphatic heterocycles. The van der Waals surface area contributed by atoms with E-state index in [9.17, 15) is 4.39 Å². The number of rotatable bonds is 1. The standard InChI is InChI=1S/C12H15BrFN/c1-12(4-6-15-7-5-12)9-2-3-11(14)10(13)8-9/h2-3,8,15H,4-7H2,1H3. The van der Waals surface area contributed by atoms with Crippen LogP contribution in [0.1, 0.15) is 25.3 Å². The van der Waals surface area contributed by atoms with Crippen LogP contribution in [-0.2, 0) is 5.41 Å². The highest BCUT2D eigenvalue weighted by molar-refractivity contribution is 9.10. The summed E-state index contributed by atoms with van der Waals surface area (Å²) in [5.41, 5.74) is 1.43. The van der Waals surface area contributed by atoms with E-state index in [0.717, 1.165) is 25.9 Å². The first-order valence-electron chi connectivity index (χ1n) is 5.28. The van der Waals surface area contributed by atoms with E-state index in [1.165, 1.54) is 5.56 Å². The predicted octanol–water partition coefficient (Wildman–Crippen LogP) is 3.23. The smallest absolute Gasteiger partial charge is 0.137 e. The average molecular weight is 272 g/mol. The SMILES string of the molecule is CC1(c2ccc(F)c(Br)c2)CCNCC1. The zero-order chi connectivity index (χ0) is 10.9. The zero-order valence-corrected chi connectivity index (χ0v) is 10.4. The molecule has 1 nitrogen and oxygen atoms in total. The third kappa shape index (κ3) is 2.23. The van der Waals surface area contributed by atoms with Crippen molar-refractivity contribution >= 4 is 15.9 Å². The summed E-state index contributed by atoms with van der Waals surface area (Å²) in [6.07, 6.45) is 2.23. The molecule has 2 rings (SSSR count). The van der Waals surface area contributed by atoms with E-state index in [2.05, 4.69) is 28.2 Å². The summed E-state index contributed by atoms with van der Waals surface area (Å²) in [5.74, 6) is -0.184. The third-order valence-corrected chi connectivity index (χ3v) is 3.93. The van der Waals surface area contributed by atoms with E-state index in [1.807, 2.05) is 12.1 Å². The van der Waals surface area contributed by atoms with Gasteiger partial charge in [0.05, 0.1) is 4.47 Å². The molecule has 1 aromatic carbocycles. The maximum atomic E-state index is 13.1. The minimum absolute atomic E-state index is 0.184. The zero-order valence-electron chi connectivity index (χ0n) is 8.82. The highest BCUT2D eigenvalue weighted by Gasteiger charge is 2.28. The molecule has 3 heteroatoms.